The minimum atomic E-state index is -0.911. The lowest BCUT2D eigenvalue weighted by molar-refractivity contribution is -0.119. The molecule has 4 heterocycles. The number of hydrogen-bond acceptors (Lipinski definition) is 8. The van der Waals surface area contributed by atoms with Crippen LogP contribution in [0.1, 0.15) is 12.5 Å². The summed E-state index contributed by atoms with van der Waals surface area (Å²) >= 11 is 0. The summed E-state index contributed by atoms with van der Waals surface area (Å²) in [5, 5.41) is 15.5. The monoisotopic (exact) mass is 538 g/mol. The topological polar surface area (TPSA) is 136 Å². The quantitative estimate of drug-likeness (QED) is 0.300. The molecule has 0 bridgehead atoms. The third-order valence-corrected chi connectivity index (χ3v) is 6.66. The molecule has 5 rings (SSSR count). The van der Waals surface area contributed by atoms with Gasteiger partial charge in [-0.05, 0) is 30.2 Å². The number of piperazine rings is 1. The van der Waals surface area contributed by atoms with Crippen molar-refractivity contribution in [3.63, 3.8) is 0 Å². The first-order valence-corrected chi connectivity index (χ1v) is 13.0. The predicted octanol–water partition coefficient (Wildman–Crippen LogP) is 4.29. The van der Waals surface area contributed by atoms with Gasteiger partial charge >= 0.3 is 6.09 Å². The molecule has 1 aliphatic rings. The van der Waals surface area contributed by atoms with Crippen LogP contribution in [0.4, 0.5) is 27.9 Å². The number of carboxylic acid groups (broad SMARTS) is 1. The minimum Gasteiger partial charge on any atom is -0.465 e. The predicted molar refractivity (Wildman–Crippen MR) is 153 cm³/mol. The van der Waals surface area contributed by atoms with Crippen molar-refractivity contribution in [3.05, 3.63) is 84.9 Å². The van der Waals surface area contributed by atoms with Gasteiger partial charge in [-0.1, -0.05) is 37.3 Å². The molecule has 3 N–H and O–H groups in total. The standard InChI is InChI=1S/C29H30N8O3/c1-20(15-21-5-3-2-4-6-21)28(38)33-23-17-24(34-25(18-23)35-26-19-30-9-10-31-26)22-7-8-32-27(16-22)36-11-13-37(14-12-36)29(39)40/h2-10,16-20H,11-15H2,1H3,(H,39,40)(H2,31,33,34,35,38). The van der Waals surface area contributed by atoms with E-state index in [4.69, 9.17) is 4.98 Å². The average molecular weight is 539 g/mol. The van der Waals surface area contributed by atoms with Gasteiger partial charge < -0.3 is 25.5 Å². The lowest BCUT2D eigenvalue weighted by Gasteiger charge is -2.33. The Hall–Kier alpha value is -5.06. The third-order valence-electron chi connectivity index (χ3n) is 6.66. The van der Waals surface area contributed by atoms with Gasteiger partial charge in [0.1, 0.15) is 17.5 Å². The number of hydrogen-bond donors (Lipinski definition) is 3. The third kappa shape index (κ3) is 6.68. The van der Waals surface area contributed by atoms with E-state index in [-0.39, 0.29) is 11.8 Å². The van der Waals surface area contributed by atoms with Gasteiger partial charge in [-0.25, -0.2) is 19.7 Å². The highest BCUT2D eigenvalue weighted by molar-refractivity contribution is 5.93. The Bertz CT molecular complexity index is 1460. The van der Waals surface area contributed by atoms with Crippen LogP contribution in [0.2, 0.25) is 0 Å². The van der Waals surface area contributed by atoms with Gasteiger partial charge in [0.15, 0.2) is 0 Å². The van der Waals surface area contributed by atoms with Crippen molar-refractivity contribution in [1.29, 1.82) is 0 Å². The Morgan fingerprint density at radius 1 is 0.950 bits per heavy atom. The molecule has 0 aliphatic carbocycles. The molecular weight excluding hydrogens is 508 g/mol. The van der Waals surface area contributed by atoms with Gasteiger partial charge in [0, 0.05) is 68.0 Å². The molecular formula is C29H30N8O3. The highest BCUT2D eigenvalue weighted by atomic mass is 16.4. The second-order valence-electron chi connectivity index (χ2n) is 9.58. The molecule has 1 fully saturated rings. The van der Waals surface area contributed by atoms with E-state index in [1.807, 2.05) is 55.5 Å². The van der Waals surface area contributed by atoms with Crippen molar-refractivity contribution in [2.24, 2.45) is 5.92 Å². The summed E-state index contributed by atoms with van der Waals surface area (Å²) in [6.45, 7) is 3.82. The van der Waals surface area contributed by atoms with Crippen LogP contribution in [-0.2, 0) is 11.2 Å². The first kappa shape index (κ1) is 26.5. The first-order valence-electron chi connectivity index (χ1n) is 13.0. The van der Waals surface area contributed by atoms with Crippen LogP contribution in [0.15, 0.2) is 79.4 Å². The molecule has 11 heteroatoms. The molecule has 0 spiro atoms. The van der Waals surface area contributed by atoms with Gasteiger partial charge in [-0.2, -0.15) is 0 Å². The average Bonchev–Trinajstić information content (AvgIpc) is 2.98. The van der Waals surface area contributed by atoms with E-state index < -0.39 is 6.09 Å². The summed E-state index contributed by atoms with van der Waals surface area (Å²) in [6, 6.07) is 17.3. The fourth-order valence-corrected chi connectivity index (χ4v) is 4.51. The van der Waals surface area contributed by atoms with Crippen molar-refractivity contribution in [1.82, 2.24) is 24.8 Å². The number of carbonyl (C=O) groups is 2. The summed E-state index contributed by atoms with van der Waals surface area (Å²) in [4.78, 5) is 45.5. The number of nitrogens with one attached hydrogen (secondary N) is 2. The van der Waals surface area contributed by atoms with Gasteiger partial charge in [-0.15, -0.1) is 0 Å². The van der Waals surface area contributed by atoms with E-state index in [1.54, 1.807) is 30.9 Å². The van der Waals surface area contributed by atoms with Crippen LogP contribution >= 0.6 is 0 Å². The highest BCUT2D eigenvalue weighted by Crippen LogP contribution is 2.28. The molecule has 3 aromatic heterocycles. The molecule has 1 aliphatic heterocycles. The van der Waals surface area contributed by atoms with Crippen LogP contribution in [-0.4, -0.2) is 68.1 Å². The van der Waals surface area contributed by atoms with Crippen molar-refractivity contribution < 1.29 is 14.7 Å². The smallest absolute Gasteiger partial charge is 0.407 e. The van der Waals surface area contributed by atoms with E-state index in [0.29, 0.717) is 55.6 Å². The molecule has 11 nitrogen and oxygen atoms in total. The van der Waals surface area contributed by atoms with Crippen molar-refractivity contribution in [2.45, 2.75) is 13.3 Å². The van der Waals surface area contributed by atoms with Crippen LogP contribution in [0, 0.1) is 5.92 Å². The lowest BCUT2D eigenvalue weighted by atomic mass is 10.0. The Labute approximate surface area is 231 Å². The molecule has 2 amide bonds. The molecule has 4 aromatic rings. The van der Waals surface area contributed by atoms with E-state index in [0.717, 1.165) is 16.9 Å². The van der Waals surface area contributed by atoms with Crippen molar-refractivity contribution >= 4 is 35.1 Å². The van der Waals surface area contributed by atoms with Gasteiger partial charge in [0.2, 0.25) is 5.91 Å². The van der Waals surface area contributed by atoms with Gasteiger partial charge in [0.25, 0.3) is 0 Å². The normalized spacial score (nSPS) is 13.9. The van der Waals surface area contributed by atoms with E-state index >= 15 is 0 Å². The summed E-state index contributed by atoms with van der Waals surface area (Å²) in [5.74, 6) is 1.41. The van der Waals surface area contributed by atoms with Crippen LogP contribution in [0.5, 0.6) is 0 Å². The molecule has 1 atom stereocenters. The summed E-state index contributed by atoms with van der Waals surface area (Å²) < 4.78 is 0. The molecule has 0 saturated carbocycles. The van der Waals surface area contributed by atoms with E-state index in [9.17, 15) is 14.7 Å². The van der Waals surface area contributed by atoms with Gasteiger partial charge in [0.05, 0.1) is 11.9 Å². The summed E-state index contributed by atoms with van der Waals surface area (Å²) in [6.07, 6.45) is 6.18. The van der Waals surface area contributed by atoms with Crippen LogP contribution in [0.3, 0.4) is 0 Å². The summed E-state index contributed by atoms with van der Waals surface area (Å²) in [5.41, 5.74) is 3.13. The van der Waals surface area contributed by atoms with Crippen LogP contribution < -0.4 is 15.5 Å². The van der Waals surface area contributed by atoms with Crippen molar-refractivity contribution in [2.75, 3.05) is 41.7 Å². The number of benzene rings is 1. The van der Waals surface area contributed by atoms with E-state index in [1.165, 1.54) is 4.90 Å². The molecule has 40 heavy (non-hydrogen) atoms. The zero-order chi connectivity index (χ0) is 27.9. The molecule has 1 aromatic carbocycles. The van der Waals surface area contributed by atoms with Crippen LogP contribution in [0.25, 0.3) is 11.3 Å². The fourth-order valence-electron chi connectivity index (χ4n) is 4.51. The SMILES string of the molecule is CC(Cc1ccccc1)C(=O)Nc1cc(Nc2cnccn2)nc(-c2ccnc(N3CCN(C(=O)O)CC3)c2)c1. The number of aromatic nitrogens is 4. The molecule has 1 saturated heterocycles. The second kappa shape index (κ2) is 12.2. The Balaban J connectivity index is 1.40. The number of rotatable bonds is 8. The maximum absolute atomic E-state index is 13.1. The summed E-state index contributed by atoms with van der Waals surface area (Å²) in [7, 11) is 0. The minimum absolute atomic E-state index is 0.0989. The highest BCUT2D eigenvalue weighted by Gasteiger charge is 2.22. The Kier molecular flexibility index (Phi) is 8.10. The lowest BCUT2D eigenvalue weighted by Crippen LogP contribution is -2.48. The first-order chi connectivity index (χ1) is 19.4. The number of amides is 2. The number of pyridine rings is 2. The Morgan fingerprint density at radius 2 is 1.75 bits per heavy atom. The fraction of sp³-hybridized carbons (Fsp3) is 0.241. The Morgan fingerprint density at radius 3 is 2.48 bits per heavy atom. The van der Waals surface area contributed by atoms with Crippen molar-refractivity contribution in [3.8, 4) is 11.3 Å². The number of anilines is 4. The largest absolute Gasteiger partial charge is 0.465 e. The maximum Gasteiger partial charge on any atom is 0.407 e. The zero-order valence-electron chi connectivity index (χ0n) is 22.1. The number of nitrogens with zero attached hydrogens (tertiary/aromatic N) is 6. The second-order valence-corrected chi connectivity index (χ2v) is 9.58. The molecule has 1 unspecified atom stereocenters. The maximum atomic E-state index is 13.1. The molecule has 204 valence electrons. The number of carbonyl (C=O) groups excluding carboxylic acids is 1. The zero-order valence-corrected chi connectivity index (χ0v) is 22.1. The molecule has 0 radical (unpaired) electrons. The van der Waals surface area contributed by atoms with E-state index in [2.05, 4.69) is 30.5 Å². The van der Waals surface area contributed by atoms with Gasteiger partial charge in [-0.3, -0.25) is 9.78 Å².